The average Bonchev–Trinajstić information content (AvgIpc) is 2.79. The molecular formula is C24H19Cl2N3O4. The van der Waals surface area contributed by atoms with Crippen molar-refractivity contribution in [2.45, 2.75) is 13.0 Å². The lowest BCUT2D eigenvalue weighted by atomic mass is 10.1. The maximum atomic E-state index is 12.8. The third kappa shape index (κ3) is 5.10. The fourth-order valence-corrected chi connectivity index (χ4v) is 3.65. The van der Waals surface area contributed by atoms with Gasteiger partial charge < -0.3 is 15.4 Å². The number of para-hydroxylation sites is 1. The highest BCUT2D eigenvalue weighted by Crippen LogP contribution is 2.36. The summed E-state index contributed by atoms with van der Waals surface area (Å²) in [6, 6.07) is 18.4. The molecule has 3 aromatic rings. The van der Waals surface area contributed by atoms with E-state index >= 15 is 0 Å². The highest BCUT2D eigenvalue weighted by Gasteiger charge is 2.33. The summed E-state index contributed by atoms with van der Waals surface area (Å²) in [5.74, 6) is -0.695. The number of anilines is 3. The summed E-state index contributed by atoms with van der Waals surface area (Å²) in [7, 11) is 0. The molecule has 9 heteroatoms. The average molecular weight is 484 g/mol. The molecule has 0 fully saturated rings. The fraction of sp³-hybridized carbons (Fsp3) is 0.125. The Hall–Kier alpha value is -3.55. The summed E-state index contributed by atoms with van der Waals surface area (Å²) in [5, 5.41) is 6.13. The number of halogens is 2. The number of carbonyl (C=O) groups is 3. The van der Waals surface area contributed by atoms with Crippen LogP contribution in [0.1, 0.15) is 17.3 Å². The predicted molar refractivity (Wildman–Crippen MR) is 128 cm³/mol. The molecule has 0 aromatic heterocycles. The molecule has 0 saturated heterocycles. The number of rotatable bonds is 5. The number of hydrogen-bond acceptors (Lipinski definition) is 4. The SMILES string of the molecule is CC1Oc2ccc(NC(=O)c3ccc(Cl)c(Cl)c3)cc2N(CC(=O)Nc2ccccc2)C1=O. The largest absolute Gasteiger partial charge is 0.479 e. The molecule has 2 N–H and O–H groups in total. The zero-order chi connectivity index (χ0) is 23.5. The van der Waals surface area contributed by atoms with E-state index in [1.807, 2.05) is 6.07 Å². The van der Waals surface area contributed by atoms with E-state index in [9.17, 15) is 14.4 Å². The van der Waals surface area contributed by atoms with E-state index in [2.05, 4.69) is 10.6 Å². The van der Waals surface area contributed by atoms with E-state index in [4.69, 9.17) is 27.9 Å². The second-order valence-electron chi connectivity index (χ2n) is 7.36. The number of nitrogens with one attached hydrogen (secondary N) is 2. The molecule has 33 heavy (non-hydrogen) atoms. The number of nitrogens with zero attached hydrogens (tertiary/aromatic N) is 1. The molecular weight excluding hydrogens is 465 g/mol. The number of benzene rings is 3. The van der Waals surface area contributed by atoms with Crippen molar-refractivity contribution in [2.24, 2.45) is 0 Å². The predicted octanol–water partition coefficient (Wildman–Crippen LogP) is 5.00. The molecule has 0 bridgehead atoms. The molecule has 7 nitrogen and oxygen atoms in total. The summed E-state index contributed by atoms with van der Waals surface area (Å²) in [6.45, 7) is 1.41. The molecule has 168 valence electrons. The smallest absolute Gasteiger partial charge is 0.268 e. The number of fused-ring (bicyclic) bond motifs is 1. The van der Waals surface area contributed by atoms with Crippen molar-refractivity contribution < 1.29 is 19.1 Å². The summed E-state index contributed by atoms with van der Waals surface area (Å²) in [5.41, 5.74) is 1.75. The van der Waals surface area contributed by atoms with E-state index in [0.717, 1.165) is 0 Å². The van der Waals surface area contributed by atoms with Crippen molar-refractivity contribution in [3.05, 3.63) is 82.3 Å². The molecule has 1 aliphatic heterocycles. The molecule has 1 atom stereocenters. The minimum atomic E-state index is -0.751. The molecule has 0 aliphatic carbocycles. The highest BCUT2D eigenvalue weighted by atomic mass is 35.5. The third-order valence-corrected chi connectivity index (χ3v) is 5.71. The van der Waals surface area contributed by atoms with Crippen molar-refractivity contribution in [1.29, 1.82) is 0 Å². The van der Waals surface area contributed by atoms with Gasteiger partial charge in [-0.2, -0.15) is 0 Å². The molecule has 0 spiro atoms. The minimum absolute atomic E-state index is 0.210. The maximum Gasteiger partial charge on any atom is 0.268 e. The molecule has 3 aromatic carbocycles. The van der Waals surface area contributed by atoms with Crippen molar-refractivity contribution in [1.82, 2.24) is 0 Å². The number of amides is 3. The van der Waals surface area contributed by atoms with Crippen LogP contribution in [0, 0.1) is 0 Å². The van der Waals surface area contributed by atoms with Gasteiger partial charge in [-0.15, -0.1) is 0 Å². The van der Waals surface area contributed by atoms with E-state index < -0.39 is 12.0 Å². The summed E-state index contributed by atoms with van der Waals surface area (Å²) >= 11 is 11.9. The second-order valence-corrected chi connectivity index (χ2v) is 8.18. The highest BCUT2D eigenvalue weighted by molar-refractivity contribution is 6.42. The Bertz CT molecular complexity index is 1230. The lowest BCUT2D eigenvalue weighted by Gasteiger charge is -2.33. The fourth-order valence-electron chi connectivity index (χ4n) is 3.35. The van der Waals surface area contributed by atoms with Crippen LogP contribution in [0.15, 0.2) is 66.7 Å². The minimum Gasteiger partial charge on any atom is -0.479 e. The second kappa shape index (κ2) is 9.52. The molecule has 3 amide bonds. The maximum absolute atomic E-state index is 12.8. The van der Waals surface area contributed by atoms with Crippen LogP contribution in [0.3, 0.4) is 0 Å². The standard InChI is InChI=1S/C24H19Cl2N3O4/c1-14-24(32)29(13-22(30)27-16-5-3-2-4-6-16)20-12-17(8-10-21(20)33-14)28-23(31)15-7-9-18(25)19(26)11-15/h2-12,14H,13H2,1H3,(H,27,30)(H,28,31). The molecule has 1 unspecified atom stereocenters. The number of ether oxygens (including phenoxy) is 1. The Kier molecular flexibility index (Phi) is 6.53. The van der Waals surface area contributed by atoms with Crippen LogP contribution in [0.2, 0.25) is 10.0 Å². The van der Waals surface area contributed by atoms with Gasteiger partial charge in [0.05, 0.1) is 15.7 Å². The van der Waals surface area contributed by atoms with Gasteiger partial charge in [-0.25, -0.2) is 0 Å². The summed E-state index contributed by atoms with van der Waals surface area (Å²) < 4.78 is 5.68. The normalized spacial score (nSPS) is 14.8. The molecule has 4 rings (SSSR count). The van der Waals surface area contributed by atoms with E-state index in [1.54, 1.807) is 55.5 Å². The van der Waals surface area contributed by atoms with Gasteiger partial charge in [0, 0.05) is 16.9 Å². The Balaban J connectivity index is 1.56. The molecule has 0 saturated carbocycles. The van der Waals surface area contributed by atoms with E-state index in [-0.39, 0.29) is 23.4 Å². The van der Waals surface area contributed by atoms with Gasteiger partial charge >= 0.3 is 0 Å². The molecule has 1 heterocycles. The van der Waals surface area contributed by atoms with Crippen molar-refractivity contribution in [3.63, 3.8) is 0 Å². The third-order valence-electron chi connectivity index (χ3n) is 4.97. The van der Waals surface area contributed by atoms with Gasteiger partial charge in [-0.1, -0.05) is 41.4 Å². The zero-order valence-electron chi connectivity index (χ0n) is 17.5. The van der Waals surface area contributed by atoms with Crippen molar-refractivity contribution in [2.75, 3.05) is 22.1 Å². The molecule has 0 radical (unpaired) electrons. The van der Waals surface area contributed by atoms with Crippen LogP contribution in [-0.2, 0) is 9.59 Å². The monoisotopic (exact) mass is 483 g/mol. The van der Waals surface area contributed by atoms with Crippen molar-refractivity contribution >= 4 is 58.0 Å². The first kappa shape index (κ1) is 22.6. The number of carbonyl (C=O) groups excluding carboxylic acids is 3. The van der Waals surface area contributed by atoms with Gasteiger partial charge in [-0.05, 0) is 55.5 Å². The number of hydrogen-bond donors (Lipinski definition) is 2. The Morgan fingerprint density at radius 2 is 1.70 bits per heavy atom. The van der Waals surface area contributed by atoms with Gasteiger partial charge in [0.2, 0.25) is 5.91 Å². The Labute approximate surface area is 200 Å². The van der Waals surface area contributed by atoms with Crippen LogP contribution >= 0.6 is 23.2 Å². The Morgan fingerprint density at radius 1 is 0.939 bits per heavy atom. The lowest BCUT2D eigenvalue weighted by Crippen LogP contribution is -2.47. The van der Waals surface area contributed by atoms with Crippen LogP contribution in [0.25, 0.3) is 0 Å². The van der Waals surface area contributed by atoms with Crippen LogP contribution in [-0.4, -0.2) is 30.4 Å². The van der Waals surface area contributed by atoms with Crippen molar-refractivity contribution in [3.8, 4) is 5.75 Å². The van der Waals surface area contributed by atoms with E-state index in [1.165, 1.54) is 17.0 Å². The van der Waals surface area contributed by atoms with Crippen LogP contribution in [0.4, 0.5) is 17.1 Å². The summed E-state index contributed by atoms with van der Waals surface area (Å²) in [6.07, 6.45) is -0.751. The van der Waals surface area contributed by atoms with Gasteiger partial charge in [0.15, 0.2) is 6.10 Å². The molecule has 1 aliphatic rings. The first-order chi connectivity index (χ1) is 15.8. The lowest BCUT2D eigenvalue weighted by molar-refractivity contribution is -0.127. The summed E-state index contributed by atoms with van der Waals surface area (Å²) in [4.78, 5) is 39.4. The zero-order valence-corrected chi connectivity index (χ0v) is 19.0. The van der Waals surface area contributed by atoms with Gasteiger partial charge in [-0.3, -0.25) is 19.3 Å². The topological polar surface area (TPSA) is 87.7 Å². The quantitative estimate of drug-likeness (QED) is 0.534. The van der Waals surface area contributed by atoms with Crippen LogP contribution < -0.4 is 20.3 Å². The first-order valence-corrected chi connectivity index (χ1v) is 10.8. The first-order valence-electron chi connectivity index (χ1n) is 10.0. The Morgan fingerprint density at radius 3 is 2.42 bits per heavy atom. The van der Waals surface area contributed by atoms with Gasteiger partial charge in [0.1, 0.15) is 12.3 Å². The van der Waals surface area contributed by atoms with Gasteiger partial charge in [0.25, 0.3) is 11.8 Å². The van der Waals surface area contributed by atoms with Crippen LogP contribution in [0.5, 0.6) is 5.75 Å². The van der Waals surface area contributed by atoms with E-state index in [0.29, 0.717) is 33.4 Å².